The summed E-state index contributed by atoms with van der Waals surface area (Å²) in [5.74, 6) is 0.571. The molecule has 1 aliphatic heterocycles. The van der Waals surface area contributed by atoms with Gasteiger partial charge < -0.3 is 19.7 Å². The third-order valence-corrected chi connectivity index (χ3v) is 4.11. The van der Waals surface area contributed by atoms with Crippen molar-refractivity contribution in [2.45, 2.75) is 6.54 Å². The van der Waals surface area contributed by atoms with Crippen molar-refractivity contribution >= 4 is 11.6 Å². The molecule has 1 aliphatic rings. The summed E-state index contributed by atoms with van der Waals surface area (Å²) in [4.78, 5) is 14.7. The molecule has 24 heavy (non-hydrogen) atoms. The van der Waals surface area contributed by atoms with Crippen LogP contribution in [0.3, 0.4) is 0 Å². The Bertz CT molecular complexity index is 697. The molecule has 0 bridgehead atoms. The van der Waals surface area contributed by atoms with Crippen molar-refractivity contribution in [3.63, 3.8) is 0 Å². The molecule has 0 aromatic heterocycles. The summed E-state index contributed by atoms with van der Waals surface area (Å²) in [5, 5.41) is 2.99. The lowest BCUT2D eigenvalue weighted by molar-refractivity contribution is 0.0950. The lowest BCUT2D eigenvalue weighted by Gasteiger charge is -2.30. The van der Waals surface area contributed by atoms with Gasteiger partial charge in [0.2, 0.25) is 0 Å². The van der Waals surface area contributed by atoms with E-state index in [0.717, 1.165) is 37.6 Å². The van der Waals surface area contributed by atoms with Gasteiger partial charge in [-0.2, -0.15) is 0 Å². The number of benzene rings is 2. The van der Waals surface area contributed by atoms with Gasteiger partial charge in [-0.3, -0.25) is 4.79 Å². The molecule has 1 N–H and O–H groups in total. The first-order valence-electron chi connectivity index (χ1n) is 8.11. The molecule has 1 saturated heterocycles. The predicted molar refractivity (Wildman–Crippen MR) is 93.6 cm³/mol. The molecule has 1 fully saturated rings. The summed E-state index contributed by atoms with van der Waals surface area (Å²) < 4.78 is 10.6. The van der Waals surface area contributed by atoms with E-state index in [0.29, 0.717) is 17.9 Å². The van der Waals surface area contributed by atoms with Gasteiger partial charge in [0.05, 0.1) is 20.3 Å². The Labute approximate surface area is 142 Å². The summed E-state index contributed by atoms with van der Waals surface area (Å²) in [6.07, 6.45) is 0. The van der Waals surface area contributed by atoms with E-state index < -0.39 is 0 Å². The number of carbonyl (C=O) groups is 1. The highest BCUT2D eigenvalue weighted by atomic mass is 16.5. The average Bonchev–Trinajstić information content (AvgIpc) is 2.67. The lowest BCUT2D eigenvalue weighted by Crippen LogP contribution is -2.37. The minimum Gasteiger partial charge on any atom is -0.497 e. The number of anilines is 1. The summed E-state index contributed by atoms with van der Waals surface area (Å²) in [7, 11) is 1.59. The molecule has 0 saturated carbocycles. The number of ether oxygens (including phenoxy) is 2. The molecule has 0 aliphatic carbocycles. The number of hydrogen-bond donors (Lipinski definition) is 1. The van der Waals surface area contributed by atoms with Gasteiger partial charge in [0.15, 0.2) is 0 Å². The van der Waals surface area contributed by atoms with E-state index in [9.17, 15) is 4.79 Å². The van der Waals surface area contributed by atoms with Crippen LogP contribution in [-0.4, -0.2) is 39.3 Å². The molecular formula is C19H22N2O3. The van der Waals surface area contributed by atoms with E-state index >= 15 is 0 Å². The summed E-state index contributed by atoms with van der Waals surface area (Å²) in [6.45, 7) is 3.72. The van der Waals surface area contributed by atoms with Gasteiger partial charge in [0, 0.05) is 30.9 Å². The van der Waals surface area contributed by atoms with Crippen LogP contribution in [0.25, 0.3) is 0 Å². The first-order chi connectivity index (χ1) is 11.8. The van der Waals surface area contributed by atoms with E-state index in [2.05, 4.69) is 22.3 Å². The van der Waals surface area contributed by atoms with Crippen molar-refractivity contribution in [1.82, 2.24) is 5.32 Å². The van der Waals surface area contributed by atoms with E-state index in [1.807, 2.05) is 24.3 Å². The molecular weight excluding hydrogens is 304 g/mol. The van der Waals surface area contributed by atoms with Gasteiger partial charge in [-0.25, -0.2) is 0 Å². The fourth-order valence-corrected chi connectivity index (χ4v) is 2.81. The Hall–Kier alpha value is -2.53. The monoisotopic (exact) mass is 326 g/mol. The van der Waals surface area contributed by atoms with Crippen LogP contribution in [0.15, 0.2) is 48.5 Å². The lowest BCUT2D eigenvalue weighted by atomic mass is 10.1. The highest BCUT2D eigenvalue weighted by Gasteiger charge is 2.15. The average molecular weight is 326 g/mol. The highest BCUT2D eigenvalue weighted by molar-refractivity contribution is 5.94. The molecule has 0 unspecified atom stereocenters. The molecule has 2 aromatic rings. The number of amides is 1. The zero-order valence-electron chi connectivity index (χ0n) is 13.8. The number of carbonyl (C=O) groups excluding carboxylic acids is 1. The van der Waals surface area contributed by atoms with E-state index in [-0.39, 0.29) is 5.91 Å². The number of morpholine rings is 1. The second-order valence-corrected chi connectivity index (χ2v) is 5.64. The Morgan fingerprint density at radius 1 is 1.17 bits per heavy atom. The van der Waals surface area contributed by atoms with Gasteiger partial charge in [-0.05, 0) is 29.8 Å². The fraction of sp³-hybridized carbons (Fsp3) is 0.316. The Balaban J connectivity index is 1.69. The highest BCUT2D eigenvalue weighted by Crippen LogP contribution is 2.21. The fourth-order valence-electron chi connectivity index (χ4n) is 2.81. The van der Waals surface area contributed by atoms with Crippen molar-refractivity contribution in [2.24, 2.45) is 0 Å². The Morgan fingerprint density at radius 2 is 1.96 bits per heavy atom. The van der Waals surface area contributed by atoms with Crippen molar-refractivity contribution < 1.29 is 14.3 Å². The first-order valence-corrected chi connectivity index (χ1v) is 8.11. The first kappa shape index (κ1) is 16.3. The molecule has 0 radical (unpaired) electrons. The minimum atomic E-state index is -0.106. The van der Waals surface area contributed by atoms with Crippen LogP contribution in [0.4, 0.5) is 5.69 Å². The topological polar surface area (TPSA) is 50.8 Å². The quantitative estimate of drug-likeness (QED) is 0.917. The van der Waals surface area contributed by atoms with Crippen molar-refractivity contribution in [3.8, 4) is 5.75 Å². The predicted octanol–water partition coefficient (Wildman–Crippen LogP) is 2.46. The summed E-state index contributed by atoms with van der Waals surface area (Å²) in [6, 6.07) is 15.3. The molecule has 5 heteroatoms. The van der Waals surface area contributed by atoms with Crippen molar-refractivity contribution in [1.29, 1.82) is 0 Å². The van der Waals surface area contributed by atoms with Crippen LogP contribution in [-0.2, 0) is 11.3 Å². The van der Waals surface area contributed by atoms with E-state index in [1.54, 1.807) is 19.2 Å². The summed E-state index contributed by atoms with van der Waals surface area (Å²) >= 11 is 0. The zero-order chi connectivity index (χ0) is 16.8. The van der Waals surface area contributed by atoms with E-state index in [4.69, 9.17) is 9.47 Å². The molecule has 2 aromatic carbocycles. The SMILES string of the molecule is COc1cccc(C(=O)NCc2ccccc2N2CCOCC2)c1. The van der Waals surface area contributed by atoms with Gasteiger partial charge in [0.25, 0.3) is 5.91 Å². The third-order valence-electron chi connectivity index (χ3n) is 4.11. The smallest absolute Gasteiger partial charge is 0.251 e. The van der Waals surface area contributed by atoms with Gasteiger partial charge >= 0.3 is 0 Å². The molecule has 0 spiro atoms. The van der Waals surface area contributed by atoms with Gasteiger partial charge in [0.1, 0.15) is 5.75 Å². The number of nitrogens with zero attached hydrogens (tertiary/aromatic N) is 1. The molecule has 5 nitrogen and oxygen atoms in total. The second-order valence-electron chi connectivity index (χ2n) is 5.64. The van der Waals surface area contributed by atoms with Crippen LogP contribution in [0.1, 0.15) is 15.9 Å². The van der Waals surface area contributed by atoms with Gasteiger partial charge in [-0.15, -0.1) is 0 Å². The maximum Gasteiger partial charge on any atom is 0.251 e. The third kappa shape index (κ3) is 3.86. The molecule has 1 heterocycles. The Morgan fingerprint density at radius 3 is 2.75 bits per heavy atom. The van der Waals surface area contributed by atoms with Crippen LogP contribution in [0, 0.1) is 0 Å². The van der Waals surface area contributed by atoms with Gasteiger partial charge in [-0.1, -0.05) is 24.3 Å². The number of methoxy groups -OCH3 is 1. The largest absolute Gasteiger partial charge is 0.497 e. The number of rotatable bonds is 5. The summed E-state index contributed by atoms with van der Waals surface area (Å²) in [5.41, 5.74) is 2.86. The van der Waals surface area contributed by atoms with Crippen LogP contribution < -0.4 is 15.0 Å². The van der Waals surface area contributed by atoms with Crippen LogP contribution in [0.2, 0.25) is 0 Å². The molecule has 3 rings (SSSR count). The molecule has 0 atom stereocenters. The van der Waals surface area contributed by atoms with Crippen molar-refractivity contribution in [2.75, 3.05) is 38.3 Å². The normalized spacial score (nSPS) is 14.3. The number of nitrogens with one attached hydrogen (secondary N) is 1. The van der Waals surface area contributed by atoms with Crippen LogP contribution in [0.5, 0.6) is 5.75 Å². The second kappa shape index (κ2) is 7.84. The number of para-hydroxylation sites is 1. The van der Waals surface area contributed by atoms with E-state index in [1.165, 1.54) is 0 Å². The minimum absolute atomic E-state index is 0.106. The maximum absolute atomic E-state index is 12.4. The molecule has 126 valence electrons. The number of hydrogen-bond acceptors (Lipinski definition) is 4. The van der Waals surface area contributed by atoms with Crippen molar-refractivity contribution in [3.05, 3.63) is 59.7 Å². The maximum atomic E-state index is 12.4. The standard InChI is InChI=1S/C19H22N2O3/c1-23-17-7-4-6-15(13-17)19(22)20-14-16-5-2-3-8-18(16)21-9-11-24-12-10-21/h2-8,13H,9-12,14H2,1H3,(H,20,22). The Kier molecular flexibility index (Phi) is 5.33. The van der Waals surface area contributed by atoms with Crippen LogP contribution >= 0.6 is 0 Å². The molecule has 1 amide bonds. The zero-order valence-corrected chi connectivity index (χ0v) is 13.8.